The lowest BCUT2D eigenvalue weighted by atomic mass is 10.2. The molecular formula is C10H13BrClIN2O. The molecule has 6 heteroatoms. The Hall–Kier alpha value is 0.150. The van der Waals surface area contributed by atoms with Crippen LogP contribution in [0, 0.1) is 3.57 Å². The molecule has 1 rings (SSSR count). The first-order valence-electron chi connectivity index (χ1n) is 4.51. The molecule has 1 aromatic rings. The fraction of sp³-hybridized carbons (Fsp3) is 0.300. The Bertz CT molecular complexity index is 376. The maximum atomic E-state index is 11.8. The summed E-state index contributed by atoms with van der Waals surface area (Å²) in [5, 5.41) is 2.82. The molecule has 0 heterocycles. The zero-order valence-electron chi connectivity index (χ0n) is 8.67. The van der Waals surface area contributed by atoms with E-state index in [4.69, 9.17) is 5.73 Å². The van der Waals surface area contributed by atoms with E-state index in [9.17, 15) is 4.79 Å². The van der Waals surface area contributed by atoms with Crippen LogP contribution >= 0.6 is 50.9 Å². The molecule has 0 bridgehead atoms. The second kappa shape index (κ2) is 7.47. The zero-order chi connectivity index (χ0) is 11.4. The predicted molar refractivity (Wildman–Crippen MR) is 80.1 cm³/mol. The molecule has 90 valence electrons. The van der Waals surface area contributed by atoms with Crippen molar-refractivity contribution in [1.82, 2.24) is 5.32 Å². The molecule has 0 fully saturated rings. The molecule has 0 saturated carbocycles. The van der Waals surface area contributed by atoms with Crippen molar-refractivity contribution < 1.29 is 4.79 Å². The average molecular weight is 419 g/mol. The van der Waals surface area contributed by atoms with Crippen molar-refractivity contribution in [2.75, 3.05) is 6.54 Å². The van der Waals surface area contributed by atoms with Gasteiger partial charge in [0.05, 0.1) is 5.56 Å². The van der Waals surface area contributed by atoms with Crippen LogP contribution in [0.1, 0.15) is 17.3 Å². The highest BCUT2D eigenvalue weighted by molar-refractivity contribution is 14.1. The van der Waals surface area contributed by atoms with E-state index in [-0.39, 0.29) is 24.4 Å². The van der Waals surface area contributed by atoms with Crippen LogP contribution in [0.15, 0.2) is 22.7 Å². The van der Waals surface area contributed by atoms with Crippen LogP contribution in [-0.4, -0.2) is 18.5 Å². The summed E-state index contributed by atoms with van der Waals surface area (Å²) in [6.07, 6.45) is 0. The van der Waals surface area contributed by atoms with Crippen molar-refractivity contribution in [1.29, 1.82) is 0 Å². The van der Waals surface area contributed by atoms with Crippen molar-refractivity contribution in [3.63, 3.8) is 0 Å². The molecule has 0 spiro atoms. The summed E-state index contributed by atoms with van der Waals surface area (Å²) in [4.78, 5) is 11.8. The Morgan fingerprint density at radius 1 is 1.62 bits per heavy atom. The van der Waals surface area contributed by atoms with Crippen molar-refractivity contribution in [2.45, 2.75) is 13.0 Å². The largest absolute Gasteiger partial charge is 0.348 e. The third kappa shape index (κ3) is 4.20. The number of nitrogens with two attached hydrogens (primary N) is 1. The van der Waals surface area contributed by atoms with Gasteiger partial charge in [0, 0.05) is 20.6 Å². The molecule has 1 aromatic carbocycles. The standard InChI is InChI=1S/C10H12BrIN2O.ClH/c1-6(5-13)14-10(15)7-3-2-4-8(11)9(7)12;/h2-4,6H,5,13H2,1H3,(H,14,15);1H/t6-;/m0./s1. The lowest BCUT2D eigenvalue weighted by Crippen LogP contribution is -2.38. The van der Waals surface area contributed by atoms with Gasteiger partial charge in [-0.1, -0.05) is 6.07 Å². The predicted octanol–water partition coefficient (Wildman–Crippen LogP) is 2.55. The number of hydrogen-bond acceptors (Lipinski definition) is 2. The summed E-state index contributed by atoms with van der Waals surface area (Å²) in [5.41, 5.74) is 6.11. The minimum atomic E-state index is -0.0846. The van der Waals surface area contributed by atoms with Crippen LogP contribution in [0.2, 0.25) is 0 Å². The fourth-order valence-corrected chi connectivity index (χ4v) is 2.01. The lowest BCUT2D eigenvalue weighted by Gasteiger charge is -2.12. The summed E-state index contributed by atoms with van der Waals surface area (Å²) >= 11 is 5.53. The summed E-state index contributed by atoms with van der Waals surface area (Å²) in [7, 11) is 0. The van der Waals surface area contributed by atoms with Gasteiger partial charge >= 0.3 is 0 Å². The van der Waals surface area contributed by atoms with Crippen LogP contribution in [-0.2, 0) is 0 Å². The molecule has 0 aliphatic rings. The lowest BCUT2D eigenvalue weighted by molar-refractivity contribution is 0.0940. The fourth-order valence-electron chi connectivity index (χ4n) is 1.04. The normalized spacial score (nSPS) is 11.5. The van der Waals surface area contributed by atoms with Gasteiger partial charge in [-0.25, -0.2) is 0 Å². The van der Waals surface area contributed by atoms with Crippen molar-refractivity contribution in [2.24, 2.45) is 5.73 Å². The van der Waals surface area contributed by atoms with E-state index >= 15 is 0 Å². The first kappa shape index (κ1) is 16.1. The van der Waals surface area contributed by atoms with Crippen LogP contribution in [0.25, 0.3) is 0 Å². The van der Waals surface area contributed by atoms with Crippen LogP contribution in [0.5, 0.6) is 0 Å². The average Bonchev–Trinajstić information content (AvgIpc) is 2.21. The van der Waals surface area contributed by atoms with Crippen molar-refractivity contribution in [3.05, 3.63) is 31.8 Å². The Labute approximate surface area is 123 Å². The number of amides is 1. The van der Waals surface area contributed by atoms with Gasteiger partial charge in [0.2, 0.25) is 0 Å². The summed E-state index contributed by atoms with van der Waals surface area (Å²) < 4.78 is 1.84. The highest BCUT2D eigenvalue weighted by atomic mass is 127. The molecule has 0 saturated heterocycles. The number of rotatable bonds is 3. The first-order chi connectivity index (χ1) is 7.06. The van der Waals surface area contributed by atoms with Crippen molar-refractivity contribution >= 4 is 56.8 Å². The van der Waals surface area contributed by atoms with Crippen LogP contribution in [0.3, 0.4) is 0 Å². The molecule has 0 aliphatic carbocycles. The third-order valence-corrected chi connectivity index (χ3v) is 4.49. The van der Waals surface area contributed by atoms with Gasteiger partial charge in [-0.3, -0.25) is 4.79 Å². The Kier molecular flexibility index (Phi) is 7.54. The molecule has 0 aromatic heterocycles. The quantitative estimate of drug-likeness (QED) is 0.740. The number of halogens is 3. The van der Waals surface area contributed by atoms with Gasteiger partial charge in [0.15, 0.2) is 0 Å². The van der Waals surface area contributed by atoms with E-state index in [2.05, 4.69) is 43.8 Å². The number of benzene rings is 1. The third-order valence-electron chi connectivity index (χ3n) is 1.93. The maximum absolute atomic E-state index is 11.8. The second-order valence-corrected chi connectivity index (χ2v) is 5.14. The topological polar surface area (TPSA) is 55.1 Å². The first-order valence-corrected chi connectivity index (χ1v) is 6.38. The van der Waals surface area contributed by atoms with E-state index in [0.29, 0.717) is 12.1 Å². The highest BCUT2D eigenvalue weighted by Crippen LogP contribution is 2.22. The Balaban J connectivity index is 0.00000225. The van der Waals surface area contributed by atoms with E-state index < -0.39 is 0 Å². The van der Waals surface area contributed by atoms with Gasteiger partial charge in [-0.2, -0.15) is 0 Å². The number of carbonyl (C=O) groups excluding carboxylic acids is 1. The van der Waals surface area contributed by atoms with E-state index in [0.717, 1.165) is 8.04 Å². The molecule has 1 atom stereocenters. The number of carbonyl (C=O) groups is 1. The molecule has 0 radical (unpaired) electrons. The second-order valence-electron chi connectivity index (χ2n) is 3.21. The number of nitrogens with one attached hydrogen (secondary N) is 1. The molecule has 1 amide bonds. The molecule has 3 N–H and O–H groups in total. The minimum Gasteiger partial charge on any atom is -0.348 e. The molecule has 0 aliphatic heterocycles. The van der Waals surface area contributed by atoms with Gasteiger partial charge in [-0.15, -0.1) is 12.4 Å². The van der Waals surface area contributed by atoms with Crippen molar-refractivity contribution in [3.8, 4) is 0 Å². The zero-order valence-corrected chi connectivity index (χ0v) is 13.2. The van der Waals surface area contributed by atoms with Gasteiger partial charge < -0.3 is 11.1 Å². The summed E-state index contributed by atoms with van der Waals surface area (Å²) in [5.74, 6) is -0.0846. The molecular weight excluding hydrogens is 406 g/mol. The van der Waals surface area contributed by atoms with Gasteiger partial charge in [0.1, 0.15) is 0 Å². The Morgan fingerprint density at radius 2 is 2.25 bits per heavy atom. The maximum Gasteiger partial charge on any atom is 0.252 e. The molecule has 0 unspecified atom stereocenters. The SMILES string of the molecule is C[C@@H](CN)NC(=O)c1cccc(Br)c1I.Cl. The smallest absolute Gasteiger partial charge is 0.252 e. The van der Waals surface area contributed by atoms with E-state index in [1.165, 1.54) is 0 Å². The van der Waals surface area contributed by atoms with Gasteiger partial charge in [0.25, 0.3) is 5.91 Å². The Morgan fingerprint density at radius 3 is 2.81 bits per heavy atom. The van der Waals surface area contributed by atoms with Crippen LogP contribution in [0.4, 0.5) is 0 Å². The van der Waals surface area contributed by atoms with Gasteiger partial charge in [-0.05, 0) is 57.6 Å². The summed E-state index contributed by atoms with van der Waals surface area (Å²) in [6, 6.07) is 5.54. The summed E-state index contributed by atoms with van der Waals surface area (Å²) in [6.45, 7) is 2.32. The highest BCUT2D eigenvalue weighted by Gasteiger charge is 2.13. The van der Waals surface area contributed by atoms with Crippen LogP contribution < -0.4 is 11.1 Å². The minimum absolute atomic E-state index is 0. The molecule has 3 nitrogen and oxygen atoms in total. The van der Waals surface area contributed by atoms with E-state index in [1.54, 1.807) is 6.07 Å². The van der Waals surface area contributed by atoms with E-state index in [1.807, 2.05) is 19.1 Å². The monoisotopic (exact) mass is 418 g/mol. The molecule has 16 heavy (non-hydrogen) atoms. The number of hydrogen-bond donors (Lipinski definition) is 2.